The second-order valence-corrected chi connectivity index (χ2v) is 2.08. The van der Waals surface area contributed by atoms with Crippen LogP contribution in [0.25, 0.3) is 6.08 Å². The number of ether oxygens (including phenoxy) is 1. The number of hydrogen-bond donors (Lipinski definition) is 0. The molecular weight excluding hydrogens is 163 g/mol. The van der Waals surface area contributed by atoms with Crippen molar-refractivity contribution in [2.24, 2.45) is 0 Å². The molecule has 0 aliphatic carbocycles. The minimum Gasteiger partial charge on any atom is -0.878 e. The maximum absolute atomic E-state index is 10.0. The van der Waals surface area contributed by atoms with E-state index in [1.807, 2.05) is 24.3 Å². The van der Waals surface area contributed by atoms with Crippen LogP contribution in [0.15, 0.2) is 30.5 Å². The molecule has 0 saturated carbocycles. The number of benzene rings is 1. The molecule has 0 unspecified atom stereocenters. The first kappa shape index (κ1) is 11.6. The zero-order chi connectivity index (χ0) is 8.10. The molecule has 0 aromatic heterocycles. The van der Waals surface area contributed by atoms with E-state index in [1.54, 1.807) is 7.11 Å². The summed E-state index contributed by atoms with van der Waals surface area (Å²) in [5, 5.41) is 10.0. The van der Waals surface area contributed by atoms with Gasteiger partial charge >= 0.3 is 29.6 Å². The van der Waals surface area contributed by atoms with Crippen molar-refractivity contribution < 1.29 is 39.4 Å². The summed E-state index contributed by atoms with van der Waals surface area (Å²) in [4.78, 5) is 0. The van der Waals surface area contributed by atoms with Crippen molar-refractivity contribution in [1.29, 1.82) is 0 Å². The van der Waals surface area contributed by atoms with Crippen molar-refractivity contribution in [2.45, 2.75) is 0 Å². The number of methoxy groups -OCH3 is 1. The predicted octanol–water partition coefficient (Wildman–Crippen LogP) is -1.97. The summed E-state index contributed by atoms with van der Waals surface area (Å²) in [6, 6.07) is 7.28. The van der Waals surface area contributed by atoms with Crippen LogP contribution in [0.5, 0.6) is 5.75 Å². The Morgan fingerprint density at radius 2 is 1.83 bits per heavy atom. The van der Waals surface area contributed by atoms with E-state index in [1.165, 1.54) is 6.08 Å². The van der Waals surface area contributed by atoms with Crippen molar-refractivity contribution >= 4 is 6.08 Å². The first-order valence-electron chi connectivity index (χ1n) is 3.29. The van der Waals surface area contributed by atoms with Gasteiger partial charge in [0.05, 0.1) is 7.11 Å². The van der Waals surface area contributed by atoms with E-state index in [4.69, 9.17) is 4.74 Å². The fourth-order valence-electron chi connectivity index (χ4n) is 0.794. The molecule has 0 atom stereocenters. The van der Waals surface area contributed by atoms with E-state index in [9.17, 15) is 5.11 Å². The van der Waals surface area contributed by atoms with Gasteiger partial charge in [0.2, 0.25) is 0 Å². The molecule has 0 bridgehead atoms. The summed E-state index contributed by atoms with van der Waals surface area (Å²) in [5.74, 6) is 0.799. The minimum atomic E-state index is 0. The molecular formula is C9H9NaO2. The second-order valence-electron chi connectivity index (χ2n) is 2.08. The Bertz CT molecular complexity index is 241. The third-order valence-electron chi connectivity index (χ3n) is 1.38. The van der Waals surface area contributed by atoms with Gasteiger partial charge in [-0.15, -0.1) is 6.26 Å². The molecule has 0 N–H and O–H groups in total. The maximum Gasteiger partial charge on any atom is 1.00 e. The van der Waals surface area contributed by atoms with Crippen LogP contribution < -0.4 is 39.4 Å². The molecule has 0 radical (unpaired) electrons. The largest absolute Gasteiger partial charge is 1.00 e. The molecule has 0 aliphatic rings. The topological polar surface area (TPSA) is 32.3 Å². The molecule has 0 heterocycles. The first-order chi connectivity index (χ1) is 5.36. The zero-order valence-electron chi connectivity index (χ0n) is 7.28. The number of hydrogen-bond acceptors (Lipinski definition) is 2. The van der Waals surface area contributed by atoms with Gasteiger partial charge in [0.1, 0.15) is 5.75 Å². The monoisotopic (exact) mass is 172 g/mol. The van der Waals surface area contributed by atoms with Crippen molar-refractivity contribution in [3.63, 3.8) is 0 Å². The van der Waals surface area contributed by atoms with Gasteiger partial charge < -0.3 is 9.84 Å². The normalized spacial score (nSPS) is 9.42. The Hall–Kier alpha value is -0.440. The van der Waals surface area contributed by atoms with Crippen molar-refractivity contribution in [3.05, 3.63) is 36.1 Å². The van der Waals surface area contributed by atoms with Crippen LogP contribution in [0.4, 0.5) is 0 Å². The fraction of sp³-hybridized carbons (Fsp3) is 0.111. The second kappa shape index (κ2) is 6.12. The third-order valence-corrected chi connectivity index (χ3v) is 1.38. The number of rotatable bonds is 2. The van der Waals surface area contributed by atoms with Gasteiger partial charge in [0.15, 0.2) is 0 Å². The molecule has 58 valence electrons. The molecule has 12 heavy (non-hydrogen) atoms. The van der Waals surface area contributed by atoms with E-state index >= 15 is 0 Å². The van der Waals surface area contributed by atoms with E-state index in [2.05, 4.69) is 0 Å². The van der Waals surface area contributed by atoms with Crippen LogP contribution in [0.2, 0.25) is 0 Å². The Balaban J connectivity index is 0.00000121. The molecule has 0 saturated heterocycles. The van der Waals surface area contributed by atoms with Crippen LogP contribution in [0.1, 0.15) is 5.56 Å². The Morgan fingerprint density at radius 3 is 2.25 bits per heavy atom. The van der Waals surface area contributed by atoms with Crippen LogP contribution in [-0.4, -0.2) is 7.11 Å². The molecule has 0 aliphatic heterocycles. The standard InChI is InChI=1S/C9H10O2.Na/c1-11-9-4-2-8(3-5-9)6-7-10;/h2-7,10H,1H3;/q;+1/p-1. The quantitative estimate of drug-likeness (QED) is 0.383. The Labute approximate surface area is 94.2 Å². The van der Waals surface area contributed by atoms with Crippen molar-refractivity contribution in [1.82, 2.24) is 0 Å². The summed E-state index contributed by atoms with van der Waals surface area (Å²) >= 11 is 0. The van der Waals surface area contributed by atoms with Gasteiger partial charge in [-0.05, 0) is 17.7 Å². The predicted molar refractivity (Wildman–Crippen MR) is 42.0 cm³/mol. The molecule has 0 spiro atoms. The first-order valence-corrected chi connectivity index (χ1v) is 3.29. The molecule has 3 heteroatoms. The molecule has 1 rings (SSSR count). The van der Waals surface area contributed by atoms with Crippen LogP contribution in [-0.2, 0) is 0 Å². The van der Waals surface area contributed by atoms with E-state index in [-0.39, 0.29) is 29.6 Å². The van der Waals surface area contributed by atoms with Gasteiger partial charge in [-0.25, -0.2) is 0 Å². The van der Waals surface area contributed by atoms with E-state index in [0.717, 1.165) is 17.6 Å². The average molecular weight is 172 g/mol. The summed E-state index contributed by atoms with van der Waals surface area (Å²) in [5.41, 5.74) is 0.890. The summed E-state index contributed by atoms with van der Waals surface area (Å²) in [6.45, 7) is 0. The van der Waals surface area contributed by atoms with Crippen molar-refractivity contribution in [2.75, 3.05) is 7.11 Å². The maximum atomic E-state index is 10.0. The van der Waals surface area contributed by atoms with Gasteiger partial charge in [-0.1, -0.05) is 18.2 Å². The average Bonchev–Trinajstić information content (AvgIpc) is 2.07. The summed E-state index contributed by atoms with van der Waals surface area (Å²) in [6.07, 6.45) is 2.27. The van der Waals surface area contributed by atoms with Crippen LogP contribution in [0.3, 0.4) is 0 Å². The Kier molecular flexibility index (Phi) is 5.89. The zero-order valence-corrected chi connectivity index (χ0v) is 9.28. The van der Waals surface area contributed by atoms with Crippen LogP contribution >= 0.6 is 0 Å². The van der Waals surface area contributed by atoms with E-state index in [0.29, 0.717) is 0 Å². The Morgan fingerprint density at radius 1 is 1.25 bits per heavy atom. The fourth-order valence-corrected chi connectivity index (χ4v) is 0.794. The SMILES string of the molecule is COc1ccc(C=C[O-])cc1.[Na+]. The van der Waals surface area contributed by atoms with Crippen molar-refractivity contribution in [3.8, 4) is 5.75 Å². The smallest absolute Gasteiger partial charge is 0.878 e. The third kappa shape index (κ3) is 3.30. The molecule has 0 amide bonds. The molecule has 0 fully saturated rings. The molecule has 1 aromatic carbocycles. The van der Waals surface area contributed by atoms with Gasteiger partial charge in [0, 0.05) is 0 Å². The minimum absolute atomic E-state index is 0. The van der Waals surface area contributed by atoms with Gasteiger partial charge in [-0.2, -0.15) is 0 Å². The molecule has 1 aromatic rings. The summed E-state index contributed by atoms with van der Waals surface area (Å²) in [7, 11) is 1.61. The molecule has 2 nitrogen and oxygen atoms in total. The summed E-state index contributed by atoms with van der Waals surface area (Å²) < 4.78 is 4.95. The van der Waals surface area contributed by atoms with Crippen LogP contribution in [0, 0.1) is 0 Å². The van der Waals surface area contributed by atoms with Gasteiger partial charge in [0.25, 0.3) is 0 Å². The van der Waals surface area contributed by atoms with E-state index < -0.39 is 0 Å². The van der Waals surface area contributed by atoms with Gasteiger partial charge in [-0.3, -0.25) is 0 Å².